The van der Waals surface area contributed by atoms with Crippen molar-refractivity contribution in [3.63, 3.8) is 0 Å². The van der Waals surface area contributed by atoms with Gasteiger partial charge in [0.1, 0.15) is 5.75 Å². The van der Waals surface area contributed by atoms with Gasteiger partial charge < -0.3 is 4.74 Å². The fraction of sp³-hybridized carbons (Fsp3) is 0.143. The first kappa shape index (κ1) is 25.7. The van der Waals surface area contributed by atoms with Crippen LogP contribution < -0.4 is 14.2 Å². The summed E-state index contributed by atoms with van der Waals surface area (Å²) in [6, 6.07) is 11.5. The third-order valence-electron chi connectivity index (χ3n) is 4.62. The molecule has 0 amide bonds. The summed E-state index contributed by atoms with van der Waals surface area (Å²) in [5.74, 6) is 0.518. The lowest BCUT2D eigenvalue weighted by Crippen LogP contribution is -2.15. The van der Waals surface area contributed by atoms with E-state index in [2.05, 4.69) is 4.72 Å². The molecule has 13 heteroatoms. The van der Waals surface area contributed by atoms with Crippen molar-refractivity contribution in [3.05, 3.63) is 76.8 Å². The SMILES string of the molecule is COc1ccc(S(=O)(=O)Nc2ccc(S(=O)(=O)Nc3ccc(Cl)c(C(F)(F)F)c3)cc2)cc1C. The van der Waals surface area contributed by atoms with Gasteiger partial charge in [-0.25, -0.2) is 16.8 Å². The van der Waals surface area contributed by atoms with Crippen LogP contribution in [0.3, 0.4) is 0 Å². The Kier molecular flexibility index (Phi) is 7.06. The molecule has 0 fully saturated rings. The zero-order valence-corrected chi connectivity index (χ0v) is 20.0. The zero-order valence-electron chi connectivity index (χ0n) is 17.6. The lowest BCUT2D eigenvalue weighted by atomic mass is 10.2. The number of rotatable bonds is 7. The van der Waals surface area contributed by atoms with Crippen LogP contribution in [0.25, 0.3) is 0 Å². The molecule has 3 aromatic rings. The molecule has 0 aromatic heterocycles. The monoisotopic (exact) mass is 534 g/mol. The Morgan fingerprint density at radius 3 is 1.88 bits per heavy atom. The molecule has 0 spiro atoms. The molecule has 0 radical (unpaired) electrons. The summed E-state index contributed by atoms with van der Waals surface area (Å²) in [6.45, 7) is 1.68. The highest BCUT2D eigenvalue weighted by Gasteiger charge is 2.33. The summed E-state index contributed by atoms with van der Waals surface area (Å²) in [5, 5.41) is -0.570. The van der Waals surface area contributed by atoms with Gasteiger partial charge in [-0.05, 0) is 73.2 Å². The van der Waals surface area contributed by atoms with E-state index in [4.69, 9.17) is 16.3 Å². The molecule has 0 heterocycles. The number of ether oxygens (including phenoxy) is 1. The largest absolute Gasteiger partial charge is 0.496 e. The number of nitrogens with one attached hydrogen (secondary N) is 2. The molecule has 0 aliphatic heterocycles. The third kappa shape index (κ3) is 5.75. The number of hydrogen-bond donors (Lipinski definition) is 2. The molecule has 0 unspecified atom stereocenters. The fourth-order valence-electron chi connectivity index (χ4n) is 2.95. The molecular formula is C21H18ClF3N2O5S2. The number of alkyl halides is 3. The molecule has 0 atom stereocenters. The van der Waals surface area contributed by atoms with Crippen LogP contribution in [0.5, 0.6) is 5.75 Å². The summed E-state index contributed by atoms with van der Waals surface area (Å²) in [5.41, 5.74) is -0.837. The number of anilines is 2. The molecule has 34 heavy (non-hydrogen) atoms. The average Bonchev–Trinajstić information content (AvgIpc) is 2.74. The van der Waals surface area contributed by atoms with E-state index in [0.29, 0.717) is 17.4 Å². The van der Waals surface area contributed by atoms with Gasteiger partial charge in [0.2, 0.25) is 0 Å². The highest BCUT2D eigenvalue weighted by Crippen LogP contribution is 2.36. The highest BCUT2D eigenvalue weighted by molar-refractivity contribution is 7.93. The molecule has 182 valence electrons. The van der Waals surface area contributed by atoms with Crippen LogP contribution in [0, 0.1) is 6.92 Å². The molecule has 0 aliphatic carbocycles. The molecule has 0 bridgehead atoms. The Morgan fingerprint density at radius 2 is 1.32 bits per heavy atom. The van der Waals surface area contributed by atoms with Gasteiger partial charge >= 0.3 is 6.18 Å². The second-order valence-corrected chi connectivity index (χ2v) is 10.8. The van der Waals surface area contributed by atoms with E-state index >= 15 is 0 Å². The average molecular weight is 535 g/mol. The van der Waals surface area contributed by atoms with Gasteiger partial charge in [-0.15, -0.1) is 0 Å². The van der Waals surface area contributed by atoms with Gasteiger partial charge in [-0.1, -0.05) is 11.6 Å². The van der Waals surface area contributed by atoms with Gasteiger partial charge in [0.05, 0.1) is 27.5 Å². The molecule has 0 saturated heterocycles. The fourth-order valence-corrected chi connectivity index (χ4v) is 5.37. The maximum absolute atomic E-state index is 13.0. The normalized spacial score (nSPS) is 12.3. The third-order valence-corrected chi connectivity index (χ3v) is 7.72. The van der Waals surface area contributed by atoms with Crippen molar-refractivity contribution in [2.45, 2.75) is 22.9 Å². The first-order valence-electron chi connectivity index (χ1n) is 9.40. The highest BCUT2D eigenvalue weighted by atomic mass is 35.5. The van der Waals surface area contributed by atoms with Crippen molar-refractivity contribution in [1.29, 1.82) is 0 Å². The Labute approximate surface area is 199 Å². The maximum atomic E-state index is 13.0. The topological polar surface area (TPSA) is 102 Å². The van der Waals surface area contributed by atoms with E-state index < -0.39 is 36.8 Å². The van der Waals surface area contributed by atoms with Crippen LogP contribution in [0.15, 0.2) is 70.5 Å². The van der Waals surface area contributed by atoms with E-state index in [1.165, 1.54) is 37.4 Å². The van der Waals surface area contributed by atoms with Crippen LogP contribution in [-0.2, 0) is 26.2 Å². The van der Waals surface area contributed by atoms with Gasteiger partial charge in [-0.2, -0.15) is 13.2 Å². The number of benzene rings is 3. The summed E-state index contributed by atoms with van der Waals surface area (Å²) < 4.78 is 99.0. The van der Waals surface area contributed by atoms with Crippen molar-refractivity contribution >= 4 is 43.0 Å². The van der Waals surface area contributed by atoms with E-state index in [1.54, 1.807) is 6.92 Å². The smallest absolute Gasteiger partial charge is 0.417 e. The van der Waals surface area contributed by atoms with E-state index in [0.717, 1.165) is 24.3 Å². The second-order valence-electron chi connectivity index (χ2n) is 7.06. The Hall–Kier alpha value is -2.96. The molecule has 3 rings (SSSR count). The van der Waals surface area contributed by atoms with Crippen LogP contribution in [0.4, 0.5) is 24.5 Å². The predicted molar refractivity (Wildman–Crippen MR) is 122 cm³/mol. The summed E-state index contributed by atoms with van der Waals surface area (Å²) in [7, 11) is -6.78. The van der Waals surface area contributed by atoms with Crippen molar-refractivity contribution in [2.24, 2.45) is 0 Å². The molecular weight excluding hydrogens is 517 g/mol. The molecule has 7 nitrogen and oxygen atoms in total. The Morgan fingerprint density at radius 1 is 0.794 bits per heavy atom. The number of hydrogen-bond acceptors (Lipinski definition) is 5. The van der Waals surface area contributed by atoms with E-state index in [1.807, 2.05) is 4.72 Å². The first-order chi connectivity index (χ1) is 15.7. The first-order valence-corrected chi connectivity index (χ1v) is 12.7. The lowest BCUT2D eigenvalue weighted by Gasteiger charge is -2.13. The van der Waals surface area contributed by atoms with Crippen LogP contribution >= 0.6 is 11.6 Å². The second kappa shape index (κ2) is 9.35. The molecule has 2 N–H and O–H groups in total. The van der Waals surface area contributed by atoms with Crippen LogP contribution in [0.2, 0.25) is 5.02 Å². The van der Waals surface area contributed by atoms with Crippen molar-refractivity contribution in [1.82, 2.24) is 0 Å². The number of methoxy groups -OCH3 is 1. The maximum Gasteiger partial charge on any atom is 0.417 e. The van der Waals surface area contributed by atoms with Gasteiger partial charge in [0, 0.05) is 11.4 Å². The lowest BCUT2D eigenvalue weighted by molar-refractivity contribution is -0.137. The minimum atomic E-state index is -4.76. The minimum absolute atomic E-state index is 0.0210. The molecule has 0 saturated carbocycles. The quantitative estimate of drug-likeness (QED) is 0.429. The van der Waals surface area contributed by atoms with E-state index in [-0.39, 0.29) is 21.2 Å². The summed E-state index contributed by atoms with van der Waals surface area (Å²) in [6.07, 6.45) is -4.76. The summed E-state index contributed by atoms with van der Waals surface area (Å²) >= 11 is 5.55. The molecule has 0 aliphatic rings. The Bertz CT molecular complexity index is 1430. The number of halogens is 4. The van der Waals surface area contributed by atoms with Crippen LogP contribution in [-0.4, -0.2) is 23.9 Å². The minimum Gasteiger partial charge on any atom is -0.496 e. The van der Waals surface area contributed by atoms with Crippen molar-refractivity contribution < 1.29 is 34.7 Å². The predicted octanol–water partition coefficient (Wildman–Crippen LogP) is 5.28. The van der Waals surface area contributed by atoms with Crippen molar-refractivity contribution in [3.8, 4) is 5.75 Å². The van der Waals surface area contributed by atoms with Gasteiger partial charge in [-0.3, -0.25) is 9.44 Å². The van der Waals surface area contributed by atoms with Gasteiger partial charge in [0.15, 0.2) is 0 Å². The Balaban J connectivity index is 1.80. The van der Waals surface area contributed by atoms with Gasteiger partial charge in [0.25, 0.3) is 20.0 Å². The number of sulfonamides is 2. The number of aryl methyl sites for hydroxylation is 1. The van der Waals surface area contributed by atoms with E-state index in [9.17, 15) is 30.0 Å². The summed E-state index contributed by atoms with van der Waals surface area (Å²) in [4.78, 5) is -0.313. The molecule has 3 aromatic carbocycles. The standard InChI is InChI=1S/C21H18ClF3N2O5S2/c1-13-11-17(8-10-20(13)32-2)34(30,31)26-14-3-6-16(7-4-14)33(28,29)27-15-5-9-19(22)18(12-15)21(23,24)25/h3-12,26-27H,1-2H3. The zero-order chi connectivity index (χ0) is 25.3. The van der Waals surface area contributed by atoms with Crippen molar-refractivity contribution in [2.75, 3.05) is 16.6 Å². The van der Waals surface area contributed by atoms with Crippen LogP contribution in [0.1, 0.15) is 11.1 Å².